The molecule has 0 aliphatic heterocycles. The molecule has 0 amide bonds. The molecule has 0 saturated carbocycles. The van der Waals surface area contributed by atoms with Crippen molar-refractivity contribution in [2.24, 2.45) is 0 Å². The Balaban J connectivity index is 3.20. The Labute approximate surface area is 47.5 Å². The Morgan fingerprint density at radius 1 is 1.62 bits per heavy atom. The molecule has 0 spiro atoms. The SMILES string of the molecule is N#CC[C@@H](O)C[C]=O. The molecule has 0 fully saturated rings. The van der Waals surface area contributed by atoms with Gasteiger partial charge in [0.25, 0.3) is 0 Å². The van der Waals surface area contributed by atoms with Gasteiger partial charge < -0.3 is 5.11 Å². The number of aliphatic hydroxyl groups is 1. The first kappa shape index (κ1) is 7.12. The molecular weight excluding hydrogens is 106 g/mol. The first-order valence-corrected chi connectivity index (χ1v) is 2.21. The smallest absolute Gasteiger partial charge is 0.201 e. The lowest BCUT2D eigenvalue weighted by molar-refractivity contribution is 0.186. The fraction of sp³-hybridized carbons (Fsp3) is 0.600. The topological polar surface area (TPSA) is 61.1 Å². The van der Waals surface area contributed by atoms with Gasteiger partial charge in [-0.2, -0.15) is 5.26 Å². The first-order valence-electron chi connectivity index (χ1n) is 2.21. The van der Waals surface area contributed by atoms with Gasteiger partial charge in [0.2, 0.25) is 6.29 Å². The largest absolute Gasteiger partial charge is 0.392 e. The third-order valence-corrected chi connectivity index (χ3v) is 0.646. The molecule has 0 unspecified atom stereocenters. The van der Waals surface area contributed by atoms with E-state index in [-0.39, 0.29) is 12.8 Å². The van der Waals surface area contributed by atoms with Gasteiger partial charge in [0.15, 0.2) is 0 Å². The highest BCUT2D eigenvalue weighted by molar-refractivity contribution is 5.51. The molecule has 1 atom stereocenters. The fourth-order valence-corrected chi connectivity index (χ4v) is 0.274. The predicted octanol–water partition coefficient (Wildman–Crippen LogP) is -0.239. The average Bonchev–Trinajstić information content (AvgIpc) is 1.68. The summed E-state index contributed by atoms with van der Waals surface area (Å²) in [5.74, 6) is 0. The van der Waals surface area contributed by atoms with Gasteiger partial charge >= 0.3 is 0 Å². The second kappa shape index (κ2) is 4.28. The van der Waals surface area contributed by atoms with Crippen LogP contribution < -0.4 is 0 Å². The van der Waals surface area contributed by atoms with Crippen LogP contribution in [0.1, 0.15) is 12.8 Å². The number of aliphatic hydroxyl groups excluding tert-OH is 1. The molecule has 0 bridgehead atoms. The first-order chi connectivity index (χ1) is 3.81. The molecule has 0 heterocycles. The van der Waals surface area contributed by atoms with E-state index in [1.54, 1.807) is 6.07 Å². The Morgan fingerprint density at radius 3 is 2.62 bits per heavy atom. The van der Waals surface area contributed by atoms with Crippen LogP contribution >= 0.6 is 0 Å². The number of hydrogen-bond donors (Lipinski definition) is 1. The predicted molar refractivity (Wildman–Crippen MR) is 26.5 cm³/mol. The number of nitrogens with zero attached hydrogens (tertiary/aromatic N) is 1. The molecular formula is C5H6NO2. The van der Waals surface area contributed by atoms with Gasteiger partial charge in [0, 0.05) is 6.42 Å². The summed E-state index contributed by atoms with van der Waals surface area (Å²) in [5, 5.41) is 16.5. The van der Waals surface area contributed by atoms with Gasteiger partial charge in [-0.15, -0.1) is 0 Å². The van der Waals surface area contributed by atoms with E-state index in [0.29, 0.717) is 0 Å². The number of hydrogen-bond acceptors (Lipinski definition) is 3. The van der Waals surface area contributed by atoms with Crippen molar-refractivity contribution in [3.8, 4) is 6.07 Å². The second-order valence-electron chi connectivity index (χ2n) is 1.36. The van der Waals surface area contributed by atoms with Crippen LogP contribution in [0.5, 0.6) is 0 Å². The minimum Gasteiger partial charge on any atom is -0.392 e. The van der Waals surface area contributed by atoms with E-state index in [0.717, 1.165) is 0 Å². The van der Waals surface area contributed by atoms with Crippen LogP contribution in [0, 0.1) is 11.3 Å². The average molecular weight is 112 g/mol. The van der Waals surface area contributed by atoms with Crippen LogP contribution in [-0.4, -0.2) is 17.5 Å². The van der Waals surface area contributed by atoms with Crippen molar-refractivity contribution in [3.05, 3.63) is 0 Å². The van der Waals surface area contributed by atoms with E-state index in [1.807, 2.05) is 0 Å². The van der Waals surface area contributed by atoms with E-state index in [1.165, 1.54) is 6.29 Å². The van der Waals surface area contributed by atoms with Gasteiger partial charge in [-0.1, -0.05) is 0 Å². The third-order valence-electron chi connectivity index (χ3n) is 0.646. The summed E-state index contributed by atoms with van der Waals surface area (Å²) in [6.45, 7) is 0. The Morgan fingerprint density at radius 2 is 2.25 bits per heavy atom. The highest BCUT2D eigenvalue weighted by Gasteiger charge is 1.99. The van der Waals surface area contributed by atoms with Crippen LogP contribution in [0.15, 0.2) is 0 Å². The van der Waals surface area contributed by atoms with Gasteiger partial charge in [0.1, 0.15) is 0 Å². The van der Waals surface area contributed by atoms with Crippen LogP contribution in [0.2, 0.25) is 0 Å². The molecule has 3 heteroatoms. The zero-order valence-electron chi connectivity index (χ0n) is 4.29. The summed E-state index contributed by atoms with van der Waals surface area (Å²) >= 11 is 0. The molecule has 1 N–H and O–H groups in total. The zero-order chi connectivity index (χ0) is 6.41. The van der Waals surface area contributed by atoms with Gasteiger partial charge in [-0.05, 0) is 0 Å². The van der Waals surface area contributed by atoms with Gasteiger partial charge in [-0.25, -0.2) is 0 Å². The van der Waals surface area contributed by atoms with Crippen molar-refractivity contribution >= 4 is 6.29 Å². The lowest BCUT2D eigenvalue weighted by atomic mass is 10.2. The van der Waals surface area contributed by atoms with Gasteiger partial charge in [-0.3, -0.25) is 4.79 Å². The number of carbonyl (C=O) groups excluding carboxylic acids is 1. The molecule has 0 aliphatic carbocycles. The standard InChI is InChI=1S/C5H6NO2/c6-3-1-5(8)2-4-7/h5,8H,1-2H2/t5-/m1/s1. The summed E-state index contributed by atoms with van der Waals surface area (Å²) in [5.41, 5.74) is 0. The van der Waals surface area contributed by atoms with Crippen LogP contribution in [0.3, 0.4) is 0 Å². The second-order valence-corrected chi connectivity index (χ2v) is 1.36. The molecule has 1 radical (unpaired) electrons. The third kappa shape index (κ3) is 3.32. The van der Waals surface area contributed by atoms with Crippen molar-refractivity contribution < 1.29 is 9.90 Å². The highest BCUT2D eigenvalue weighted by atomic mass is 16.3. The Kier molecular flexibility index (Phi) is 3.81. The molecule has 0 aliphatic rings. The van der Waals surface area contributed by atoms with Gasteiger partial charge in [0.05, 0.1) is 18.6 Å². The maximum Gasteiger partial charge on any atom is 0.201 e. The quantitative estimate of drug-likeness (QED) is 0.548. The molecule has 0 aromatic heterocycles. The van der Waals surface area contributed by atoms with Crippen molar-refractivity contribution in [1.82, 2.24) is 0 Å². The van der Waals surface area contributed by atoms with Crippen LogP contribution in [0.4, 0.5) is 0 Å². The van der Waals surface area contributed by atoms with Crippen molar-refractivity contribution in [2.45, 2.75) is 18.9 Å². The number of nitriles is 1. The minimum atomic E-state index is -0.822. The normalized spacial score (nSPS) is 12.0. The zero-order valence-corrected chi connectivity index (χ0v) is 4.29. The number of rotatable bonds is 3. The van der Waals surface area contributed by atoms with Crippen LogP contribution in [0.25, 0.3) is 0 Å². The molecule has 3 nitrogen and oxygen atoms in total. The summed E-state index contributed by atoms with van der Waals surface area (Å²) in [7, 11) is 0. The van der Waals surface area contributed by atoms with Crippen LogP contribution in [-0.2, 0) is 4.79 Å². The Hall–Kier alpha value is -0.880. The lowest BCUT2D eigenvalue weighted by Gasteiger charge is -1.95. The summed E-state index contributed by atoms with van der Waals surface area (Å²) in [6, 6.07) is 1.72. The summed E-state index contributed by atoms with van der Waals surface area (Å²) in [4.78, 5) is 9.50. The highest BCUT2D eigenvalue weighted by Crippen LogP contribution is 1.91. The van der Waals surface area contributed by atoms with E-state index in [9.17, 15) is 4.79 Å². The lowest BCUT2D eigenvalue weighted by Crippen LogP contribution is -2.04. The molecule has 43 valence electrons. The van der Waals surface area contributed by atoms with E-state index in [2.05, 4.69) is 0 Å². The van der Waals surface area contributed by atoms with Crippen molar-refractivity contribution in [2.75, 3.05) is 0 Å². The minimum absolute atomic E-state index is 0.00917. The van der Waals surface area contributed by atoms with E-state index in [4.69, 9.17) is 10.4 Å². The summed E-state index contributed by atoms with van der Waals surface area (Å²) < 4.78 is 0. The Bertz CT molecular complexity index is 105. The van der Waals surface area contributed by atoms with E-state index < -0.39 is 6.10 Å². The molecule has 0 aromatic carbocycles. The van der Waals surface area contributed by atoms with E-state index >= 15 is 0 Å². The maximum atomic E-state index is 9.50. The molecule has 8 heavy (non-hydrogen) atoms. The molecule has 0 rings (SSSR count). The fourth-order valence-electron chi connectivity index (χ4n) is 0.274. The molecule has 0 aromatic rings. The monoisotopic (exact) mass is 112 g/mol. The summed E-state index contributed by atoms with van der Waals surface area (Å²) in [6.07, 6.45) is 0.627. The molecule has 0 saturated heterocycles. The maximum absolute atomic E-state index is 9.50. The van der Waals surface area contributed by atoms with Crippen molar-refractivity contribution in [1.29, 1.82) is 5.26 Å². The van der Waals surface area contributed by atoms with Crippen molar-refractivity contribution in [3.63, 3.8) is 0 Å².